The van der Waals surface area contributed by atoms with Gasteiger partial charge in [0.25, 0.3) is 0 Å². The van der Waals surface area contributed by atoms with E-state index in [1.54, 1.807) is 0 Å². The van der Waals surface area contributed by atoms with Gasteiger partial charge in [0.1, 0.15) is 0 Å². The van der Waals surface area contributed by atoms with E-state index in [1.165, 1.54) is 11.4 Å². The first-order chi connectivity index (χ1) is 8.43. The molecule has 0 unspecified atom stereocenters. The van der Waals surface area contributed by atoms with Gasteiger partial charge in [-0.3, -0.25) is 4.90 Å². The third kappa shape index (κ3) is 2.51. The zero-order valence-electron chi connectivity index (χ0n) is 10.2. The average molecular weight is 236 g/mol. The summed E-state index contributed by atoms with van der Waals surface area (Å²) in [5.41, 5.74) is 2.66. The van der Waals surface area contributed by atoms with Gasteiger partial charge in [0, 0.05) is 51.4 Å². The molecule has 5 heteroatoms. The van der Waals surface area contributed by atoms with Gasteiger partial charge in [0.15, 0.2) is 0 Å². The molecule has 0 amide bonds. The van der Waals surface area contributed by atoms with Crippen LogP contribution in [0.15, 0.2) is 6.33 Å². The maximum atomic E-state index is 5.36. The van der Waals surface area contributed by atoms with E-state index in [0.29, 0.717) is 0 Å². The molecule has 0 radical (unpaired) electrons. The summed E-state index contributed by atoms with van der Waals surface area (Å²) in [4.78, 5) is 6.95. The van der Waals surface area contributed by atoms with Gasteiger partial charge in [-0.1, -0.05) is 0 Å². The molecule has 1 fully saturated rings. The molecule has 0 atom stereocenters. The second-order valence-corrected chi connectivity index (χ2v) is 4.71. The van der Waals surface area contributed by atoms with E-state index < -0.39 is 0 Å². The molecular formula is C12H20N4O. The minimum absolute atomic E-state index is 0.881. The van der Waals surface area contributed by atoms with E-state index in [2.05, 4.69) is 19.8 Å². The highest BCUT2D eigenvalue weighted by molar-refractivity contribution is 5.16. The Kier molecular flexibility index (Phi) is 3.40. The summed E-state index contributed by atoms with van der Waals surface area (Å²) in [5.74, 6) is 0. The van der Waals surface area contributed by atoms with Crippen LogP contribution in [0.2, 0.25) is 0 Å². The molecule has 94 valence electrons. The number of aromatic nitrogens is 2. The van der Waals surface area contributed by atoms with E-state index in [0.717, 1.165) is 58.9 Å². The molecule has 3 rings (SSSR count). The molecular weight excluding hydrogens is 216 g/mol. The van der Waals surface area contributed by atoms with Crippen LogP contribution in [0.25, 0.3) is 0 Å². The van der Waals surface area contributed by atoms with E-state index in [-0.39, 0.29) is 0 Å². The highest BCUT2D eigenvalue weighted by Crippen LogP contribution is 2.12. The van der Waals surface area contributed by atoms with Crippen LogP contribution in [0.1, 0.15) is 11.4 Å². The monoisotopic (exact) mass is 236 g/mol. The van der Waals surface area contributed by atoms with E-state index in [4.69, 9.17) is 4.74 Å². The Balaban J connectivity index is 1.59. The summed E-state index contributed by atoms with van der Waals surface area (Å²) in [6.07, 6.45) is 3.11. The van der Waals surface area contributed by atoms with Gasteiger partial charge < -0.3 is 14.6 Å². The number of hydrogen-bond acceptors (Lipinski definition) is 4. The van der Waals surface area contributed by atoms with Crippen LogP contribution in [0, 0.1) is 0 Å². The van der Waals surface area contributed by atoms with E-state index in [1.807, 2.05) is 6.33 Å². The van der Waals surface area contributed by atoms with Crippen LogP contribution >= 0.6 is 0 Å². The molecule has 1 aromatic heterocycles. The smallest absolute Gasteiger partial charge is 0.0952 e. The van der Waals surface area contributed by atoms with Crippen molar-refractivity contribution in [2.24, 2.45) is 0 Å². The molecule has 1 saturated heterocycles. The predicted molar refractivity (Wildman–Crippen MR) is 64.9 cm³/mol. The second-order valence-electron chi connectivity index (χ2n) is 4.71. The van der Waals surface area contributed by atoms with Crippen molar-refractivity contribution in [1.29, 1.82) is 0 Å². The highest BCUT2D eigenvalue weighted by Gasteiger charge is 2.15. The number of rotatable bonds is 3. The standard InChI is InChI=1S/C12H20N4O/c1-2-13-9-11-12(1)16(10-14-11)4-3-15-5-7-17-8-6-15/h10,13H,1-9H2. The van der Waals surface area contributed by atoms with Crippen LogP contribution in [0.4, 0.5) is 0 Å². The molecule has 17 heavy (non-hydrogen) atoms. The summed E-state index contributed by atoms with van der Waals surface area (Å²) in [6, 6.07) is 0. The minimum Gasteiger partial charge on any atom is -0.379 e. The van der Waals surface area contributed by atoms with Crippen molar-refractivity contribution in [1.82, 2.24) is 19.8 Å². The van der Waals surface area contributed by atoms with Crippen LogP contribution < -0.4 is 5.32 Å². The van der Waals surface area contributed by atoms with Gasteiger partial charge in [-0.15, -0.1) is 0 Å². The second kappa shape index (κ2) is 5.16. The summed E-state index contributed by atoms with van der Waals surface area (Å²) in [5, 5.41) is 3.36. The number of morpholine rings is 1. The number of ether oxygens (including phenoxy) is 1. The van der Waals surface area contributed by atoms with E-state index in [9.17, 15) is 0 Å². The third-order valence-electron chi connectivity index (χ3n) is 3.62. The maximum absolute atomic E-state index is 5.36. The van der Waals surface area contributed by atoms with Gasteiger partial charge in [-0.05, 0) is 0 Å². The quantitative estimate of drug-likeness (QED) is 0.793. The molecule has 5 nitrogen and oxygen atoms in total. The van der Waals surface area contributed by atoms with Crippen LogP contribution in [0.3, 0.4) is 0 Å². The van der Waals surface area contributed by atoms with Gasteiger partial charge in [-0.25, -0.2) is 4.98 Å². The summed E-state index contributed by atoms with van der Waals surface area (Å²) in [6.45, 7) is 8.08. The first-order valence-electron chi connectivity index (χ1n) is 6.47. The largest absolute Gasteiger partial charge is 0.379 e. The van der Waals surface area contributed by atoms with Crippen molar-refractivity contribution in [2.75, 3.05) is 39.4 Å². The van der Waals surface area contributed by atoms with Crippen LogP contribution in [-0.4, -0.2) is 53.8 Å². The Morgan fingerprint density at radius 1 is 1.29 bits per heavy atom. The molecule has 0 saturated carbocycles. The Labute approximate surface area is 102 Å². The average Bonchev–Trinajstić information content (AvgIpc) is 2.81. The lowest BCUT2D eigenvalue weighted by atomic mass is 10.2. The Bertz CT molecular complexity index is 371. The number of hydrogen-bond donors (Lipinski definition) is 1. The lowest BCUT2D eigenvalue weighted by Gasteiger charge is -2.27. The molecule has 2 aliphatic rings. The fourth-order valence-corrected chi connectivity index (χ4v) is 2.57. The van der Waals surface area contributed by atoms with Crippen molar-refractivity contribution in [3.8, 4) is 0 Å². The fourth-order valence-electron chi connectivity index (χ4n) is 2.57. The molecule has 0 aliphatic carbocycles. The van der Waals surface area contributed by atoms with Gasteiger partial charge in [-0.2, -0.15) is 0 Å². The van der Waals surface area contributed by atoms with Crippen LogP contribution in [0.5, 0.6) is 0 Å². The van der Waals surface area contributed by atoms with Gasteiger partial charge in [0.2, 0.25) is 0 Å². The predicted octanol–water partition coefficient (Wildman–Crippen LogP) is -0.139. The molecule has 1 aromatic rings. The normalized spacial score (nSPS) is 21.4. The third-order valence-corrected chi connectivity index (χ3v) is 3.62. The van der Waals surface area contributed by atoms with Crippen molar-refractivity contribution >= 4 is 0 Å². The zero-order chi connectivity index (χ0) is 11.5. The minimum atomic E-state index is 0.881. The molecule has 1 N–H and O–H groups in total. The van der Waals surface area contributed by atoms with Crippen molar-refractivity contribution in [3.63, 3.8) is 0 Å². The number of imidazole rings is 1. The zero-order valence-corrected chi connectivity index (χ0v) is 10.2. The highest BCUT2D eigenvalue weighted by atomic mass is 16.5. The van der Waals surface area contributed by atoms with Crippen molar-refractivity contribution < 1.29 is 4.74 Å². The van der Waals surface area contributed by atoms with Gasteiger partial charge in [0.05, 0.1) is 25.2 Å². The number of nitrogens with zero attached hydrogens (tertiary/aromatic N) is 3. The molecule has 3 heterocycles. The number of nitrogens with one attached hydrogen (secondary N) is 1. The Morgan fingerprint density at radius 2 is 2.18 bits per heavy atom. The maximum Gasteiger partial charge on any atom is 0.0952 e. The summed E-state index contributed by atoms with van der Waals surface area (Å²) >= 11 is 0. The molecule has 0 bridgehead atoms. The molecule has 0 aromatic carbocycles. The first kappa shape index (κ1) is 11.2. The van der Waals surface area contributed by atoms with Crippen molar-refractivity contribution in [2.45, 2.75) is 19.5 Å². The Hall–Kier alpha value is -0.910. The van der Waals surface area contributed by atoms with Crippen LogP contribution in [-0.2, 0) is 24.2 Å². The first-order valence-corrected chi connectivity index (χ1v) is 6.47. The lowest BCUT2D eigenvalue weighted by molar-refractivity contribution is 0.0363. The van der Waals surface area contributed by atoms with Crippen molar-refractivity contribution in [3.05, 3.63) is 17.7 Å². The van der Waals surface area contributed by atoms with Gasteiger partial charge >= 0.3 is 0 Å². The molecule has 2 aliphatic heterocycles. The lowest BCUT2D eigenvalue weighted by Crippen LogP contribution is -2.38. The fraction of sp³-hybridized carbons (Fsp3) is 0.750. The topological polar surface area (TPSA) is 42.3 Å². The molecule has 0 spiro atoms. The SMILES string of the molecule is c1nc2c(n1CCN1CCOCC1)CCNC2. The Morgan fingerprint density at radius 3 is 3.06 bits per heavy atom. The summed E-state index contributed by atoms with van der Waals surface area (Å²) in [7, 11) is 0. The van der Waals surface area contributed by atoms with E-state index >= 15 is 0 Å². The summed E-state index contributed by atoms with van der Waals surface area (Å²) < 4.78 is 7.68. The number of fused-ring (bicyclic) bond motifs is 1.